The number of aryl methyl sites for hydroxylation is 6. The average molecular weight is 902 g/mol. The fourth-order valence-electron chi connectivity index (χ4n) is 7.76. The molecule has 0 spiro atoms. The van der Waals surface area contributed by atoms with Crippen LogP contribution >= 0.6 is 0 Å². The van der Waals surface area contributed by atoms with Gasteiger partial charge in [0.1, 0.15) is 0 Å². The molecular formula is C58H54O2SiZr-2. The molecule has 0 aliphatic heterocycles. The van der Waals surface area contributed by atoms with Gasteiger partial charge in [0.25, 0.3) is 0 Å². The molecule has 0 heterocycles. The fraction of sp³-hybridized carbons (Fsp3) is 0.138. The van der Waals surface area contributed by atoms with Gasteiger partial charge in [0.15, 0.2) is 0 Å². The quantitative estimate of drug-likeness (QED) is 0.128. The summed E-state index contributed by atoms with van der Waals surface area (Å²) in [5.74, 6) is 0.329. The first-order valence-corrected chi connectivity index (χ1v) is 27.3. The van der Waals surface area contributed by atoms with Crippen LogP contribution in [0, 0.1) is 41.5 Å². The summed E-state index contributed by atoms with van der Waals surface area (Å²) in [5.41, 5.74) is 11.5. The molecule has 4 heteroatoms. The van der Waals surface area contributed by atoms with E-state index in [2.05, 4.69) is 173 Å². The first-order valence-electron chi connectivity index (χ1n) is 21.1. The number of para-hydroxylation sites is 2. The van der Waals surface area contributed by atoms with Crippen LogP contribution in [0.3, 0.4) is 0 Å². The Bertz CT molecular complexity index is 2850. The van der Waals surface area contributed by atoms with Gasteiger partial charge in [0, 0.05) is 0 Å². The maximum absolute atomic E-state index is 11.0. The van der Waals surface area contributed by atoms with E-state index in [4.69, 9.17) is 0 Å². The molecule has 2 nitrogen and oxygen atoms in total. The largest absolute Gasteiger partial charge is 0.872 e. The molecule has 0 unspecified atom stereocenters. The molecule has 0 bridgehead atoms. The van der Waals surface area contributed by atoms with E-state index in [0.29, 0.717) is 0 Å². The van der Waals surface area contributed by atoms with Crippen LogP contribution in [-0.2, 0) is 23.3 Å². The van der Waals surface area contributed by atoms with Crippen LogP contribution in [0.5, 0.6) is 11.5 Å². The fourth-order valence-corrected chi connectivity index (χ4v) is 7.76. The van der Waals surface area contributed by atoms with Gasteiger partial charge in [-0.25, -0.2) is 0 Å². The summed E-state index contributed by atoms with van der Waals surface area (Å²) in [7, 11) is 0. The van der Waals surface area contributed by atoms with Crippen molar-refractivity contribution in [3.63, 3.8) is 0 Å². The Kier molecular flexibility index (Phi) is 15.7. The molecule has 0 saturated carbocycles. The zero-order chi connectivity index (χ0) is 44.3. The Balaban J connectivity index is 0.000000142. The Morgan fingerprint density at radius 1 is 0.371 bits per heavy atom. The molecule has 0 aromatic heterocycles. The SMILES string of the molecule is C[Si](C)=[Zr+2].Cc1cc2c(-c3cccc4ccccc34)cccc2[cH-]1.Cc1cc2c(-c3cccc4ccccc34)cccc2[cH-]1.Cc1cccc(C)c1[O-].Cc1cccc(C)c1[O-]. The topological polar surface area (TPSA) is 46.1 Å². The number of fused-ring (bicyclic) bond motifs is 4. The van der Waals surface area contributed by atoms with E-state index in [0.717, 1.165) is 22.3 Å². The van der Waals surface area contributed by atoms with E-state index in [1.165, 1.54) is 76.5 Å². The minimum atomic E-state index is 0.164. The van der Waals surface area contributed by atoms with Crippen molar-refractivity contribution < 1.29 is 33.5 Å². The number of benzene rings is 8. The van der Waals surface area contributed by atoms with Crippen molar-refractivity contribution in [2.24, 2.45) is 0 Å². The monoisotopic (exact) mass is 900 g/mol. The Labute approximate surface area is 383 Å². The summed E-state index contributed by atoms with van der Waals surface area (Å²) < 4.78 is 0. The normalized spacial score (nSPS) is 10.5. The zero-order valence-corrected chi connectivity index (χ0v) is 40.6. The maximum atomic E-state index is 11.0. The van der Waals surface area contributed by atoms with Crippen LogP contribution in [0.1, 0.15) is 33.4 Å². The third-order valence-corrected chi connectivity index (χ3v) is 10.8. The Hall–Kier alpha value is -5.80. The third-order valence-electron chi connectivity index (χ3n) is 10.8. The molecule has 0 atom stereocenters. The Morgan fingerprint density at radius 2 is 0.645 bits per heavy atom. The van der Waals surface area contributed by atoms with Gasteiger partial charge in [-0.2, -0.15) is 12.1 Å². The summed E-state index contributed by atoms with van der Waals surface area (Å²) in [6.45, 7) is 16.3. The van der Waals surface area contributed by atoms with E-state index >= 15 is 0 Å². The molecule has 0 aliphatic rings. The van der Waals surface area contributed by atoms with Crippen LogP contribution in [0.15, 0.2) is 182 Å². The molecule has 0 radical (unpaired) electrons. The van der Waals surface area contributed by atoms with Gasteiger partial charge in [0.05, 0.1) is 0 Å². The molecule has 10 aromatic carbocycles. The second kappa shape index (κ2) is 21.3. The molecule has 0 fully saturated rings. The summed E-state index contributed by atoms with van der Waals surface area (Å²) in [6, 6.07) is 63.6. The number of hydrogen-bond acceptors (Lipinski definition) is 2. The van der Waals surface area contributed by atoms with Crippen molar-refractivity contribution in [1.29, 1.82) is 0 Å². The molecule has 308 valence electrons. The molecule has 0 aliphatic carbocycles. The molecule has 62 heavy (non-hydrogen) atoms. The third kappa shape index (κ3) is 11.4. The van der Waals surface area contributed by atoms with Gasteiger partial charge in [-0.3, -0.25) is 0 Å². The van der Waals surface area contributed by atoms with E-state index < -0.39 is 0 Å². The number of rotatable bonds is 2. The summed E-state index contributed by atoms with van der Waals surface area (Å²) in [6.07, 6.45) is 0. The molecule has 0 amide bonds. The minimum absolute atomic E-state index is 0.164. The van der Waals surface area contributed by atoms with Crippen molar-refractivity contribution in [2.75, 3.05) is 0 Å². The van der Waals surface area contributed by atoms with Gasteiger partial charge in [-0.15, -0.1) is 80.6 Å². The predicted molar refractivity (Wildman–Crippen MR) is 263 cm³/mol. The van der Waals surface area contributed by atoms with Gasteiger partial charge in [0.2, 0.25) is 0 Å². The van der Waals surface area contributed by atoms with E-state index in [1.807, 2.05) is 64.1 Å². The van der Waals surface area contributed by atoms with Crippen molar-refractivity contribution >= 4 is 48.5 Å². The number of hydrogen-bond donors (Lipinski definition) is 0. The molecular weight excluding hydrogens is 848 g/mol. The van der Waals surface area contributed by atoms with Crippen LogP contribution in [0.25, 0.3) is 65.3 Å². The molecule has 0 N–H and O–H groups in total. The predicted octanol–water partition coefficient (Wildman–Crippen LogP) is 14.9. The second-order valence-electron chi connectivity index (χ2n) is 16.2. The van der Waals surface area contributed by atoms with E-state index in [-0.39, 0.29) is 16.9 Å². The van der Waals surface area contributed by atoms with E-state index in [1.54, 1.807) is 23.3 Å². The van der Waals surface area contributed by atoms with E-state index in [9.17, 15) is 10.2 Å². The maximum Gasteiger partial charge on any atom is -0.0114 e. The van der Waals surface area contributed by atoms with Gasteiger partial charge in [-0.1, -0.05) is 181 Å². The molecule has 10 aromatic rings. The minimum Gasteiger partial charge on any atom is -0.872 e. The summed E-state index contributed by atoms with van der Waals surface area (Å²) in [5, 5.41) is 32.5. The van der Waals surface area contributed by atoms with Crippen molar-refractivity contribution in [3.8, 4) is 33.8 Å². The first-order chi connectivity index (χ1) is 29.8. The molecule has 10 rings (SSSR count). The zero-order valence-electron chi connectivity index (χ0n) is 37.1. The van der Waals surface area contributed by atoms with Crippen molar-refractivity contribution in [1.82, 2.24) is 0 Å². The van der Waals surface area contributed by atoms with Crippen LogP contribution in [-0.4, -0.2) is 5.43 Å². The van der Waals surface area contributed by atoms with Crippen LogP contribution in [0.4, 0.5) is 0 Å². The second-order valence-corrected chi connectivity index (χ2v) is 25.6. The van der Waals surface area contributed by atoms with Crippen LogP contribution in [0.2, 0.25) is 13.1 Å². The van der Waals surface area contributed by atoms with Crippen molar-refractivity contribution in [2.45, 2.75) is 54.6 Å². The van der Waals surface area contributed by atoms with Crippen molar-refractivity contribution in [3.05, 3.63) is 215 Å². The summed E-state index contributed by atoms with van der Waals surface area (Å²) >= 11 is 1.74. The van der Waals surface area contributed by atoms with Gasteiger partial charge in [-0.05, 0) is 60.4 Å². The smallest absolute Gasteiger partial charge is 0.0114 e. The van der Waals surface area contributed by atoms with Crippen LogP contribution < -0.4 is 10.2 Å². The first kappa shape index (κ1) is 45.7. The Morgan fingerprint density at radius 3 is 0.984 bits per heavy atom. The van der Waals surface area contributed by atoms with Gasteiger partial charge >= 0.3 is 41.9 Å². The average Bonchev–Trinajstić information content (AvgIpc) is 3.85. The molecule has 0 saturated heterocycles. The summed E-state index contributed by atoms with van der Waals surface area (Å²) in [4.78, 5) is 0. The standard InChI is InChI=1S/2C20H15.2C8H10O.C2H6Si.Zr/c2*1-14-12-16-8-5-11-19(20(16)13-14)18-10-4-7-15-6-2-3-9-17(15)18;2*1-6-4-3-5-7(2)8(6)9;1-3-2;/h2*2-13H,1H3;2*3-5,9H,1-2H3;1-2H3;/q2*-1;;;;+2/p-2. The van der Waals surface area contributed by atoms with Gasteiger partial charge < -0.3 is 10.2 Å².